The van der Waals surface area contributed by atoms with Crippen LogP contribution in [-0.4, -0.2) is 37.4 Å². The highest BCUT2D eigenvalue weighted by Gasteiger charge is 2.50. The third-order valence-corrected chi connectivity index (χ3v) is 10.4. The van der Waals surface area contributed by atoms with Crippen LogP contribution in [0, 0.1) is 17.8 Å². The van der Waals surface area contributed by atoms with Crippen molar-refractivity contribution in [3.05, 3.63) is 41.5 Å². The number of rotatable bonds is 8. The molecule has 0 N–H and O–H groups in total. The maximum absolute atomic E-state index is 13.2. The summed E-state index contributed by atoms with van der Waals surface area (Å²) in [7, 11) is -4.13. The third kappa shape index (κ3) is 6.29. The number of alkyl halides is 6. The van der Waals surface area contributed by atoms with E-state index in [2.05, 4.69) is 4.99 Å². The molecule has 0 saturated heterocycles. The van der Waals surface area contributed by atoms with Gasteiger partial charge in [-0.15, -0.1) is 0 Å². The van der Waals surface area contributed by atoms with Crippen LogP contribution >= 0.6 is 0 Å². The molecule has 2 aliphatic rings. The molecule has 0 bridgehead atoms. The fourth-order valence-electron chi connectivity index (χ4n) is 5.06. The van der Waals surface area contributed by atoms with E-state index in [0.717, 1.165) is 24.3 Å². The van der Waals surface area contributed by atoms with Gasteiger partial charge in [-0.05, 0) is 82.1 Å². The lowest BCUT2D eigenvalue weighted by Gasteiger charge is -2.44. The van der Waals surface area contributed by atoms with Crippen molar-refractivity contribution in [1.29, 1.82) is 0 Å². The number of Topliss-reactive ketones (excluding diaryl/α,β-unsaturated/α-hetero) is 1. The van der Waals surface area contributed by atoms with E-state index in [0.29, 0.717) is 24.5 Å². The summed E-state index contributed by atoms with van der Waals surface area (Å²) < 4.78 is 104. The molecule has 1 fully saturated rings. The minimum absolute atomic E-state index is 0.0473. The summed E-state index contributed by atoms with van der Waals surface area (Å²) in [6, 6.07) is 3.62. The van der Waals surface area contributed by atoms with Crippen molar-refractivity contribution in [2.45, 2.75) is 81.3 Å². The lowest BCUT2D eigenvalue weighted by Crippen LogP contribution is -2.48. The Morgan fingerprint density at radius 2 is 1.70 bits per heavy atom. The Kier molecular flexibility index (Phi) is 8.37. The Morgan fingerprint density at radius 1 is 1.05 bits per heavy atom. The van der Waals surface area contributed by atoms with Gasteiger partial charge in [-0.2, -0.15) is 26.3 Å². The molecule has 1 aliphatic carbocycles. The molecular formula is C26H31F6NO3S. The van der Waals surface area contributed by atoms with E-state index in [1.165, 1.54) is 13.8 Å². The highest BCUT2D eigenvalue weighted by atomic mass is 32.2. The lowest BCUT2D eigenvalue weighted by atomic mass is 9.67. The van der Waals surface area contributed by atoms with E-state index in [1.54, 1.807) is 0 Å². The number of hydrogen-bond acceptors (Lipinski definition) is 4. The molecule has 1 heterocycles. The molecule has 1 unspecified atom stereocenters. The summed E-state index contributed by atoms with van der Waals surface area (Å²) in [4.78, 5) is 16.0. The molecule has 1 atom stereocenters. The predicted molar refractivity (Wildman–Crippen MR) is 128 cm³/mol. The Bertz CT molecular complexity index is 1180. The molecule has 1 aromatic rings. The molecule has 0 aromatic heterocycles. The number of benzene rings is 1. The first-order valence-corrected chi connectivity index (χ1v) is 13.7. The number of carbonyl (C=O) groups excluding carboxylic acids is 1. The van der Waals surface area contributed by atoms with Gasteiger partial charge in [-0.1, -0.05) is 18.6 Å². The molecule has 37 heavy (non-hydrogen) atoms. The number of allylic oxidation sites excluding steroid dienone is 2. The third-order valence-electron chi connectivity index (χ3n) is 7.79. The second kappa shape index (κ2) is 10.5. The van der Waals surface area contributed by atoms with Crippen LogP contribution < -0.4 is 0 Å². The first-order valence-electron chi connectivity index (χ1n) is 12.2. The van der Waals surface area contributed by atoms with Gasteiger partial charge in [0, 0.05) is 18.9 Å². The second-order valence-corrected chi connectivity index (χ2v) is 12.9. The summed E-state index contributed by atoms with van der Waals surface area (Å²) in [6.45, 7) is 4.85. The van der Waals surface area contributed by atoms with Crippen molar-refractivity contribution >= 4 is 21.3 Å². The van der Waals surface area contributed by atoms with Crippen LogP contribution in [0.4, 0.5) is 26.3 Å². The van der Waals surface area contributed by atoms with Crippen LogP contribution in [0.3, 0.4) is 0 Å². The molecule has 3 rings (SSSR count). The van der Waals surface area contributed by atoms with Crippen molar-refractivity contribution in [1.82, 2.24) is 0 Å². The van der Waals surface area contributed by atoms with Crippen molar-refractivity contribution < 1.29 is 39.6 Å². The minimum Gasteiger partial charge on any atom is -0.299 e. The standard InChI is InChI=1S/C26H31F6NO3S/c1-4-16-10-11-33-23(26(30,31)32)14-17(16)8-9-22(34)18-12-20(13-18)24(2,3)37(35,36)21-7-5-6-19(15-21)25(27,28)29/h5-7,14-16,18,20H,4,8-13H2,1-3H3. The van der Waals surface area contributed by atoms with E-state index in [-0.39, 0.29) is 43.9 Å². The van der Waals surface area contributed by atoms with Gasteiger partial charge in [0.15, 0.2) is 9.84 Å². The fraction of sp³-hybridized carbons (Fsp3) is 0.615. The van der Waals surface area contributed by atoms with Crippen LogP contribution in [0.1, 0.15) is 64.9 Å². The van der Waals surface area contributed by atoms with Gasteiger partial charge in [-0.25, -0.2) is 8.42 Å². The maximum atomic E-state index is 13.2. The predicted octanol–water partition coefficient (Wildman–Crippen LogP) is 6.99. The van der Waals surface area contributed by atoms with E-state index in [4.69, 9.17) is 0 Å². The van der Waals surface area contributed by atoms with Crippen LogP contribution in [0.25, 0.3) is 0 Å². The number of aliphatic imine (C=N–C) groups is 1. The molecule has 0 amide bonds. The Hall–Kier alpha value is -2.17. The number of ketones is 1. The van der Waals surface area contributed by atoms with Crippen molar-refractivity contribution in [3.8, 4) is 0 Å². The van der Waals surface area contributed by atoms with Crippen LogP contribution in [0.2, 0.25) is 0 Å². The van der Waals surface area contributed by atoms with Gasteiger partial charge < -0.3 is 0 Å². The normalized spacial score (nSPS) is 23.5. The average Bonchev–Trinajstić information content (AvgIpc) is 2.98. The molecular weight excluding hydrogens is 520 g/mol. The number of hydrogen-bond donors (Lipinski definition) is 0. The summed E-state index contributed by atoms with van der Waals surface area (Å²) >= 11 is 0. The van der Waals surface area contributed by atoms with Gasteiger partial charge in [0.25, 0.3) is 0 Å². The Labute approximate surface area is 213 Å². The van der Waals surface area contributed by atoms with Crippen molar-refractivity contribution in [3.63, 3.8) is 0 Å². The quantitative estimate of drug-likeness (QED) is 0.327. The van der Waals surface area contributed by atoms with Gasteiger partial charge in [0.2, 0.25) is 0 Å². The highest BCUT2D eigenvalue weighted by molar-refractivity contribution is 7.92. The Morgan fingerprint density at radius 3 is 2.27 bits per heavy atom. The van der Waals surface area contributed by atoms with E-state index >= 15 is 0 Å². The molecule has 1 aliphatic heterocycles. The van der Waals surface area contributed by atoms with Gasteiger partial charge in [0.1, 0.15) is 11.5 Å². The molecule has 4 nitrogen and oxygen atoms in total. The van der Waals surface area contributed by atoms with Crippen LogP contribution in [0.15, 0.2) is 45.8 Å². The molecule has 0 spiro atoms. The molecule has 0 radical (unpaired) electrons. The van der Waals surface area contributed by atoms with Crippen LogP contribution in [-0.2, 0) is 20.8 Å². The van der Waals surface area contributed by atoms with Gasteiger partial charge in [0.05, 0.1) is 15.2 Å². The van der Waals surface area contributed by atoms with Crippen molar-refractivity contribution in [2.75, 3.05) is 6.54 Å². The SMILES string of the molecule is CCC1CCN=C(C(F)(F)F)C=C1CCC(=O)C1CC(C(C)(C)S(=O)(=O)c2cccc(C(F)(F)F)c2)C1. The number of nitrogens with zero attached hydrogens (tertiary/aromatic N) is 1. The highest BCUT2D eigenvalue weighted by Crippen LogP contribution is 2.47. The Balaban J connectivity index is 1.66. The first-order chi connectivity index (χ1) is 17.0. The van der Waals surface area contributed by atoms with E-state index < -0.39 is 54.9 Å². The maximum Gasteiger partial charge on any atom is 0.432 e. The minimum atomic E-state index is -4.68. The first kappa shape index (κ1) is 29.4. The molecule has 1 aromatic carbocycles. The van der Waals surface area contributed by atoms with Gasteiger partial charge in [-0.3, -0.25) is 9.79 Å². The molecule has 206 valence electrons. The molecule has 1 saturated carbocycles. The monoisotopic (exact) mass is 551 g/mol. The smallest absolute Gasteiger partial charge is 0.299 e. The zero-order valence-electron chi connectivity index (χ0n) is 20.9. The fourth-order valence-corrected chi connectivity index (χ4v) is 6.84. The van der Waals surface area contributed by atoms with Gasteiger partial charge >= 0.3 is 12.4 Å². The number of carbonyl (C=O) groups is 1. The topological polar surface area (TPSA) is 63.6 Å². The zero-order valence-corrected chi connectivity index (χ0v) is 21.7. The number of halogens is 6. The zero-order chi connectivity index (χ0) is 27.8. The second-order valence-electron chi connectivity index (χ2n) is 10.3. The van der Waals surface area contributed by atoms with E-state index in [9.17, 15) is 39.6 Å². The number of sulfone groups is 1. The lowest BCUT2D eigenvalue weighted by molar-refractivity contribution is -0.137. The van der Waals surface area contributed by atoms with E-state index in [1.807, 2.05) is 6.92 Å². The summed E-state index contributed by atoms with van der Waals surface area (Å²) in [5.41, 5.74) is -1.44. The van der Waals surface area contributed by atoms with Crippen LogP contribution in [0.5, 0.6) is 0 Å². The summed E-state index contributed by atoms with van der Waals surface area (Å²) in [5, 5.41) is 0. The average molecular weight is 552 g/mol. The molecule has 11 heteroatoms. The van der Waals surface area contributed by atoms with Crippen molar-refractivity contribution in [2.24, 2.45) is 22.7 Å². The summed E-state index contributed by atoms with van der Waals surface area (Å²) in [6.07, 6.45) is -6.33. The summed E-state index contributed by atoms with van der Waals surface area (Å²) in [5.74, 6) is -1.11. The largest absolute Gasteiger partial charge is 0.432 e.